The first-order chi connectivity index (χ1) is 15.8. The Morgan fingerprint density at radius 3 is 2.44 bits per heavy atom. The fraction of sp³-hybridized carbons (Fsp3) is 0.240. The van der Waals surface area contributed by atoms with Gasteiger partial charge in [0.1, 0.15) is 11.6 Å². The number of hydrogen-bond donors (Lipinski definition) is 1. The minimum absolute atomic E-state index is 0.0272. The van der Waals surface area contributed by atoms with Crippen molar-refractivity contribution in [2.45, 2.75) is 25.8 Å². The second-order valence-corrected chi connectivity index (χ2v) is 8.22. The van der Waals surface area contributed by atoms with Crippen molar-refractivity contribution in [2.75, 3.05) is 18.0 Å². The predicted octanol–water partition coefficient (Wildman–Crippen LogP) is 4.48. The molecule has 0 aliphatic carbocycles. The van der Waals surface area contributed by atoms with E-state index in [-0.39, 0.29) is 5.91 Å². The maximum Gasteiger partial charge on any atom is 0.221 e. The molecule has 4 aromatic rings. The van der Waals surface area contributed by atoms with Crippen LogP contribution in [0.2, 0.25) is 0 Å². The fourth-order valence-corrected chi connectivity index (χ4v) is 4.08. The third-order valence-corrected chi connectivity index (χ3v) is 5.86. The summed E-state index contributed by atoms with van der Waals surface area (Å²) in [6.45, 7) is 1.71. The van der Waals surface area contributed by atoms with Crippen LogP contribution in [-0.2, 0) is 24.2 Å². The number of aromatic nitrogens is 2. The van der Waals surface area contributed by atoms with Gasteiger partial charge in [-0.1, -0.05) is 60.7 Å². The number of nitrogens with zero attached hydrogens (tertiary/aromatic N) is 3. The van der Waals surface area contributed by atoms with Gasteiger partial charge in [-0.25, -0.2) is 4.98 Å². The average Bonchev–Trinajstić information content (AvgIpc) is 3.50. The Morgan fingerprint density at radius 2 is 1.72 bits per heavy atom. The van der Waals surface area contributed by atoms with Gasteiger partial charge >= 0.3 is 0 Å². The van der Waals surface area contributed by atoms with Crippen LogP contribution < -0.4 is 10.2 Å². The van der Waals surface area contributed by atoms with Gasteiger partial charge in [0, 0.05) is 37.5 Å². The van der Waals surface area contributed by atoms with Gasteiger partial charge in [-0.05, 0) is 29.7 Å². The molecule has 0 aliphatic heterocycles. The fourth-order valence-electron chi connectivity index (χ4n) is 3.37. The monoisotopic (exact) mass is 446 g/mol. The molecule has 1 N–H and O–H groups in total. The van der Waals surface area contributed by atoms with Crippen molar-refractivity contribution >= 4 is 22.6 Å². The molecule has 0 atom stereocenters. The zero-order valence-corrected chi connectivity index (χ0v) is 18.6. The summed E-state index contributed by atoms with van der Waals surface area (Å²) in [5.41, 5.74) is 2.39. The van der Waals surface area contributed by atoms with E-state index < -0.39 is 0 Å². The van der Waals surface area contributed by atoms with E-state index in [9.17, 15) is 4.79 Å². The summed E-state index contributed by atoms with van der Waals surface area (Å²) < 4.78 is 10.1. The molecular weight excluding hydrogens is 420 g/mol. The Labute approximate surface area is 192 Å². The highest BCUT2D eigenvalue weighted by molar-refractivity contribution is 7.09. The lowest BCUT2D eigenvalue weighted by molar-refractivity contribution is -0.120. The number of rotatable bonds is 11. The van der Waals surface area contributed by atoms with Gasteiger partial charge in [0.05, 0.1) is 12.8 Å². The Hall–Kier alpha value is -3.45. The summed E-state index contributed by atoms with van der Waals surface area (Å²) in [6.07, 6.45) is 3.54. The molecule has 1 amide bonds. The largest absolute Gasteiger partial charge is 0.467 e. The second kappa shape index (κ2) is 11.2. The summed E-state index contributed by atoms with van der Waals surface area (Å²) >= 11 is 1.36. The van der Waals surface area contributed by atoms with Crippen molar-refractivity contribution in [3.05, 3.63) is 102 Å². The van der Waals surface area contributed by atoms with E-state index in [4.69, 9.17) is 9.40 Å². The van der Waals surface area contributed by atoms with Crippen LogP contribution in [0.25, 0.3) is 0 Å². The van der Waals surface area contributed by atoms with Gasteiger partial charge < -0.3 is 14.6 Å². The first-order valence-electron chi connectivity index (χ1n) is 10.7. The van der Waals surface area contributed by atoms with Crippen molar-refractivity contribution in [2.24, 2.45) is 0 Å². The van der Waals surface area contributed by atoms with Crippen LogP contribution in [0.1, 0.15) is 29.1 Å². The van der Waals surface area contributed by atoms with Crippen LogP contribution in [-0.4, -0.2) is 28.4 Å². The summed E-state index contributed by atoms with van der Waals surface area (Å²) in [5, 5.41) is 3.81. The lowest BCUT2D eigenvalue weighted by Crippen LogP contribution is -2.31. The minimum atomic E-state index is 0.0272. The van der Waals surface area contributed by atoms with E-state index >= 15 is 0 Å². The smallest absolute Gasteiger partial charge is 0.221 e. The highest BCUT2D eigenvalue weighted by Gasteiger charge is 2.16. The molecule has 0 saturated carbocycles. The van der Waals surface area contributed by atoms with Crippen molar-refractivity contribution in [1.29, 1.82) is 0 Å². The molecule has 2 aromatic heterocycles. The summed E-state index contributed by atoms with van der Waals surface area (Å²) in [6, 6.07) is 24.1. The highest BCUT2D eigenvalue weighted by atomic mass is 32.1. The van der Waals surface area contributed by atoms with Gasteiger partial charge in [-0.2, -0.15) is 4.37 Å². The number of amides is 1. The van der Waals surface area contributed by atoms with Gasteiger partial charge in [-0.3, -0.25) is 4.79 Å². The number of carbonyl (C=O) groups excluding carboxylic acids is 1. The van der Waals surface area contributed by atoms with E-state index in [1.54, 1.807) is 6.26 Å². The standard InChI is InChI=1S/C25H26N4O2S/c30-24(26-15-13-20-8-3-1-4-9-20)14-16-29(19-22-12-7-17-31-22)25-27-23(28-32-25)18-21-10-5-2-6-11-21/h1-12,17H,13-16,18-19H2,(H,26,30). The first kappa shape index (κ1) is 21.8. The molecule has 2 heterocycles. The van der Waals surface area contributed by atoms with Gasteiger partial charge in [0.15, 0.2) is 0 Å². The molecule has 6 nitrogen and oxygen atoms in total. The molecule has 0 radical (unpaired) electrons. The Balaban J connectivity index is 1.34. The lowest BCUT2D eigenvalue weighted by atomic mass is 10.1. The number of nitrogens with one attached hydrogen (secondary N) is 1. The van der Waals surface area contributed by atoms with Crippen LogP contribution >= 0.6 is 11.5 Å². The maximum absolute atomic E-state index is 12.4. The number of anilines is 1. The highest BCUT2D eigenvalue weighted by Crippen LogP contribution is 2.22. The molecule has 0 spiro atoms. The summed E-state index contributed by atoms with van der Waals surface area (Å²) in [5.74, 6) is 1.64. The molecule has 4 rings (SSSR count). The molecule has 0 bridgehead atoms. The van der Waals surface area contributed by atoms with Crippen molar-refractivity contribution < 1.29 is 9.21 Å². The average molecular weight is 447 g/mol. The number of hydrogen-bond acceptors (Lipinski definition) is 6. The van der Waals surface area contributed by atoms with Crippen molar-refractivity contribution in [3.8, 4) is 0 Å². The summed E-state index contributed by atoms with van der Waals surface area (Å²) in [4.78, 5) is 19.2. The maximum atomic E-state index is 12.4. The molecule has 0 unspecified atom stereocenters. The predicted molar refractivity (Wildman–Crippen MR) is 127 cm³/mol. The zero-order chi connectivity index (χ0) is 22.0. The third kappa shape index (κ3) is 6.52. The van der Waals surface area contributed by atoms with Gasteiger partial charge in [0.25, 0.3) is 0 Å². The first-order valence-corrected chi connectivity index (χ1v) is 11.5. The molecule has 0 aliphatic rings. The van der Waals surface area contributed by atoms with Crippen LogP contribution in [0.3, 0.4) is 0 Å². The number of benzene rings is 2. The molecule has 7 heteroatoms. The molecule has 0 saturated heterocycles. The van der Waals surface area contributed by atoms with Crippen LogP contribution in [0, 0.1) is 0 Å². The van der Waals surface area contributed by atoms with E-state index in [0.29, 0.717) is 32.5 Å². The molecule has 164 valence electrons. The SMILES string of the molecule is O=C(CCN(Cc1ccco1)c1nc(Cc2ccccc2)ns1)NCCc1ccccc1. The van der Waals surface area contributed by atoms with E-state index in [1.807, 2.05) is 48.5 Å². The normalized spacial score (nSPS) is 10.8. The molecule has 32 heavy (non-hydrogen) atoms. The minimum Gasteiger partial charge on any atom is -0.467 e. The van der Waals surface area contributed by atoms with Crippen LogP contribution in [0.15, 0.2) is 83.5 Å². The van der Waals surface area contributed by atoms with E-state index in [1.165, 1.54) is 22.7 Å². The Morgan fingerprint density at radius 1 is 0.969 bits per heavy atom. The summed E-state index contributed by atoms with van der Waals surface area (Å²) in [7, 11) is 0. The number of carbonyl (C=O) groups is 1. The topological polar surface area (TPSA) is 71.3 Å². The van der Waals surface area contributed by atoms with Crippen molar-refractivity contribution in [3.63, 3.8) is 0 Å². The Kier molecular flexibility index (Phi) is 7.65. The van der Waals surface area contributed by atoms with Crippen LogP contribution in [0.4, 0.5) is 5.13 Å². The Bertz CT molecular complexity index is 1080. The van der Waals surface area contributed by atoms with Gasteiger partial charge in [0.2, 0.25) is 11.0 Å². The zero-order valence-electron chi connectivity index (χ0n) is 17.8. The van der Waals surface area contributed by atoms with E-state index in [0.717, 1.165) is 23.1 Å². The second-order valence-electron chi connectivity index (χ2n) is 7.49. The molecule has 0 fully saturated rings. The third-order valence-electron chi connectivity index (χ3n) is 5.05. The van der Waals surface area contributed by atoms with E-state index in [2.05, 4.69) is 38.9 Å². The molecular formula is C25H26N4O2S. The quantitative estimate of drug-likeness (QED) is 0.368. The van der Waals surface area contributed by atoms with Crippen molar-refractivity contribution in [1.82, 2.24) is 14.7 Å². The number of furan rings is 1. The van der Waals surface area contributed by atoms with Crippen LogP contribution in [0.5, 0.6) is 0 Å². The molecule has 2 aromatic carbocycles. The lowest BCUT2D eigenvalue weighted by Gasteiger charge is -2.20. The van der Waals surface area contributed by atoms with Gasteiger partial charge in [-0.15, -0.1) is 0 Å².